The second kappa shape index (κ2) is 10.7. The molecule has 0 aliphatic carbocycles. The van der Waals surface area contributed by atoms with Crippen molar-refractivity contribution in [2.75, 3.05) is 17.7 Å². The molecule has 0 saturated heterocycles. The minimum Gasteiger partial charge on any atom is -0.495 e. The molecule has 0 spiro atoms. The Balaban J connectivity index is 1.51. The Labute approximate surface area is 222 Å². The number of allylic oxidation sites excluding steroid dienone is 1. The summed E-state index contributed by atoms with van der Waals surface area (Å²) in [6.45, 7) is 1.82. The summed E-state index contributed by atoms with van der Waals surface area (Å²) in [4.78, 5) is 18.3. The molecule has 1 unspecified atom stereocenters. The Kier molecular flexibility index (Phi) is 7.16. The van der Waals surface area contributed by atoms with E-state index in [0.29, 0.717) is 50.2 Å². The quantitative estimate of drug-likeness (QED) is 0.270. The van der Waals surface area contributed by atoms with Crippen LogP contribution in [-0.2, 0) is 10.5 Å². The molecule has 5 rings (SSSR count). The van der Waals surface area contributed by atoms with E-state index in [1.807, 2.05) is 43.3 Å². The van der Waals surface area contributed by atoms with Gasteiger partial charge in [-0.25, -0.2) is 9.07 Å². The van der Waals surface area contributed by atoms with Crippen molar-refractivity contribution in [1.29, 1.82) is 0 Å². The van der Waals surface area contributed by atoms with Crippen LogP contribution in [0.2, 0.25) is 5.02 Å². The fourth-order valence-electron chi connectivity index (χ4n) is 4.18. The fraction of sp³-hybridized carbons (Fsp3) is 0.148. The highest BCUT2D eigenvalue weighted by molar-refractivity contribution is 7.98. The number of carbonyl (C=O) groups is 1. The van der Waals surface area contributed by atoms with Gasteiger partial charge in [0.25, 0.3) is 5.91 Å². The molecule has 0 bridgehead atoms. The Morgan fingerprint density at radius 2 is 1.95 bits per heavy atom. The van der Waals surface area contributed by atoms with Gasteiger partial charge >= 0.3 is 0 Å². The minimum absolute atomic E-state index is 0.291. The van der Waals surface area contributed by atoms with Gasteiger partial charge < -0.3 is 15.4 Å². The third-order valence-corrected chi connectivity index (χ3v) is 7.14. The van der Waals surface area contributed by atoms with Crippen molar-refractivity contribution >= 4 is 40.9 Å². The first-order valence-electron chi connectivity index (χ1n) is 11.4. The van der Waals surface area contributed by atoms with Crippen LogP contribution in [0, 0.1) is 5.82 Å². The molecule has 1 aliphatic rings. The SMILES string of the molecule is COc1ccccc1NC(=O)C1=C(C)Nc2nc(SCc3cccc(F)c3)nn2C1c1ccccc1Cl. The van der Waals surface area contributed by atoms with E-state index in [4.69, 9.17) is 21.4 Å². The predicted molar refractivity (Wildman–Crippen MR) is 144 cm³/mol. The number of hydrogen-bond acceptors (Lipinski definition) is 6. The lowest BCUT2D eigenvalue weighted by Crippen LogP contribution is -2.31. The number of anilines is 2. The van der Waals surface area contributed by atoms with Gasteiger partial charge in [0.15, 0.2) is 0 Å². The monoisotopic (exact) mass is 535 g/mol. The average Bonchev–Trinajstić information content (AvgIpc) is 3.30. The van der Waals surface area contributed by atoms with Gasteiger partial charge in [0.05, 0.1) is 18.4 Å². The molecule has 1 aliphatic heterocycles. The van der Waals surface area contributed by atoms with Gasteiger partial charge in [0.1, 0.15) is 17.6 Å². The normalized spacial score (nSPS) is 14.6. The molecule has 1 aromatic heterocycles. The van der Waals surface area contributed by atoms with E-state index >= 15 is 0 Å². The van der Waals surface area contributed by atoms with E-state index in [0.717, 1.165) is 5.56 Å². The van der Waals surface area contributed by atoms with E-state index < -0.39 is 6.04 Å². The van der Waals surface area contributed by atoms with Crippen LogP contribution < -0.4 is 15.4 Å². The number of amides is 1. The predicted octanol–water partition coefficient (Wildman–Crippen LogP) is 6.30. The minimum atomic E-state index is -0.629. The number of thioether (sulfide) groups is 1. The Morgan fingerprint density at radius 1 is 1.16 bits per heavy atom. The number of hydrogen-bond donors (Lipinski definition) is 2. The van der Waals surface area contributed by atoms with Crippen molar-refractivity contribution in [3.05, 3.63) is 106 Å². The number of nitrogens with zero attached hydrogens (tertiary/aromatic N) is 3. The van der Waals surface area contributed by atoms with Gasteiger partial charge in [0, 0.05) is 22.0 Å². The summed E-state index contributed by atoms with van der Waals surface area (Å²) >= 11 is 7.99. The van der Waals surface area contributed by atoms with Gasteiger partial charge in [-0.15, -0.1) is 5.10 Å². The summed E-state index contributed by atoms with van der Waals surface area (Å²) in [5, 5.41) is 11.9. The largest absolute Gasteiger partial charge is 0.495 e. The number of carbonyl (C=O) groups excluding carboxylic acids is 1. The zero-order valence-corrected chi connectivity index (χ0v) is 21.6. The van der Waals surface area contributed by atoms with Gasteiger partial charge in [-0.05, 0) is 42.8 Å². The van der Waals surface area contributed by atoms with Crippen LogP contribution in [0.3, 0.4) is 0 Å². The molecule has 2 heterocycles. The van der Waals surface area contributed by atoms with Gasteiger partial charge in [-0.2, -0.15) is 4.98 Å². The van der Waals surface area contributed by atoms with Crippen LogP contribution in [0.1, 0.15) is 24.1 Å². The highest BCUT2D eigenvalue weighted by Crippen LogP contribution is 2.39. The molecule has 10 heteroatoms. The second-order valence-corrected chi connectivity index (χ2v) is 9.67. The summed E-state index contributed by atoms with van der Waals surface area (Å²) in [7, 11) is 1.55. The number of ether oxygens (including phenoxy) is 1. The number of fused-ring (bicyclic) bond motifs is 1. The Bertz CT molecular complexity index is 1510. The lowest BCUT2D eigenvalue weighted by atomic mass is 9.95. The van der Waals surface area contributed by atoms with E-state index in [9.17, 15) is 9.18 Å². The van der Waals surface area contributed by atoms with Crippen molar-refractivity contribution in [3.63, 3.8) is 0 Å². The molecule has 3 aromatic carbocycles. The molecule has 37 heavy (non-hydrogen) atoms. The van der Waals surface area contributed by atoms with E-state index in [1.165, 1.54) is 23.9 Å². The van der Waals surface area contributed by atoms with Crippen LogP contribution in [0.25, 0.3) is 0 Å². The van der Waals surface area contributed by atoms with Gasteiger partial charge in [0.2, 0.25) is 11.1 Å². The maximum Gasteiger partial charge on any atom is 0.255 e. The number of rotatable bonds is 7. The standard InChI is InChI=1S/C27H23ClFN5O2S/c1-16-23(25(35)31-21-12-5-6-13-22(21)36-2)24(19-10-3-4-11-20(19)28)34-26(30-16)32-27(33-34)37-15-17-8-7-9-18(29)14-17/h3-14,24H,15H2,1-2H3,(H,31,35)(H,30,32,33). The van der Waals surface area contributed by atoms with E-state index in [2.05, 4.69) is 15.6 Å². The lowest BCUT2D eigenvalue weighted by Gasteiger charge is -2.29. The highest BCUT2D eigenvalue weighted by Gasteiger charge is 2.35. The average molecular weight is 536 g/mol. The van der Waals surface area contributed by atoms with Crippen molar-refractivity contribution in [1.82, 2.24) is 14.8 Å². The van der Waals surface area contributed by atoms with Crippen LogP contribution in [-0.4, -0.2) is 27.8 Å². The first kappa shape index (κ1) is 24.9. The topological polar surface area (TPSA) is 81.1 Å². The number of para-hydroxylation sites is 2. The van der Waals surface area contributed by atoms with Crippen LogP contribution >= 0.6 is 23.4 Å². The third-order valence-electron chi connectivity index (χ3n) is 5.89. The molecular weight excluding hydrogens is 513 g/mol. The molecule has 1 amide bonds. The molecule has 0 radical (unpaired) electrons. The van der Waals surface area contributed by atoms with E-state index in [1.54, 1.807) is 36.1 Å². The number of aromatic nitrogens is 3. The molecule has 7 nitrogen and oxygen atoms in total. The van der Waals surface area contributed by atoms with Crippen molar-refractivity contribution in [2.45, 2.75) is 23.9 Å². The van der Waals surface area contributed by atoms with Crippen LogP contribution in [0.4, 0.5) is 16.0 Å². The highest BCUT2D eigenvalue weighted by atomic mass is 35.5. The zero-order chi connectivity index (χ0) is 25.9. The van der Waals surface area contributed by atoms with Crippen molar-refractivity contribution in [2.24, 2.45) is 0 Å². The van der Waals surface area contributed by atoms with Crippen molar-refractivity contribution < 1.29 is 13.9 Å². The number of methoxy groups -OCH3 is 1. The fourth-order valence-corrected chi connectivity index (χ4v) is 5.19. The summed E-state index contributed by atoms with van der Waals surface area (Å²) < 4.78 is 20.7. The maximum absolute atomic E-state index is 13.7. The summed E-state index contributed by atoms with van der Waals surface area (Å²) in [6.07, 6.45) is 0. The molecular formula is C27H23ClFN5O2S. The number of halogens is 2. The first-order valence-corrected chi connectivity index (χ1v) is 12.8. The third kappa shape index (κ3) is 5.19. The number of benzene rings is 3. The lowest BCUT2D eigenvalue weighted by molar-refractivity contribution is -0.113. The Morgan fingerprint density at radius 3 is 2.73 bits per heavy atom. The first-order chi connectivity index (χ1) is 17.9. The summed E-state index contributed by atoms with van der Waals surface area (Å²) in [6, 6.07) is 20.3. The maximum atomic E-state index is 13.7. The van der Waals surface area contributed by atoms with E-state index in [-0.39, 0.29) is 11.7 Å². The van der Waals surface area contributed by atoms with Crippen molar-refractivity contribution in [3.8, 4) is 5.75 Å². The second-order valence-electron chi connectivity index (χ2n) is 8.32. The van der Waals surface area contributed by atoms with Gasteiger partial charge in [-0.3, -0.25) is 4.79 Å². The summed E-state index contributed by atoms with van der Waals surface area (Å²) in [5.74, 6) is 0.907. The van der Waals surface area contributed by atoms with Crippen LogP contribution in [0.15, 0.2) is 89.2 Å². The molecule has 1 atom stereocenters. The number of nitrogens with one attached hydrogen (secondary N) is 2. The van der Waals surface area contributed by atoms with Crippen LogP contribution in [0.5, 0.6) is 5.75 Å². The molecule has 4 aromatic rings. The molecule has 0 fully saturated rings. The van der Waals surface area contributed by atoms with Gasteiger partial charge in [-0.1, -0.05) is 65.8 Å². The molecule has 188 valence electrons. The Hall–Kier alpha value is -3.82. The molecule has 0 saturated carbocycles. The molecule has 2 N–H and O–H groups in total. The zero-order valence-electron chi connectivity index (χ0n) is 20.0. The summed E-state index contributed by atoms with van der Waals surface area (Å²) in [5.41, 5.74) is 3.14. The smallest absolute Gasteiger partial charge is 0.255 e.